The maximum Gasteiger partial charge on any atom is 0.516 e. The van der Waals surface area contributed by atoms with Crippen molar-refractivity contribution in [2.75, 3.05) is 4.72 Å². The Kier molecular flexibility index (Phi) is 3.50. The molecule has 0 aliphatic rings. The van der Waals surface area contributed by atoms with Crippen LogP contribution >= 0.6 is 23.2 Å². The molecule has 1 heterocycles. The van der Waals surface area contributed by atoms with E-state index < -0.39 is 26.6 Å². The molecule has 0 aromatic carbocycles. The molecule has 0 radical (unpaired) electrons. The number of aromatic nitrogens is 2. The Hall–Kier alpha value is -0.800. The fraction of sp³-hybridized carbons (Fsp3) is 0.200. The normalized spacial score (nSPS) is 12.6. The number of nitrogens with zero attached hydrogens (tertiary/aromatic N) is 2. The molecule has 0 unspecified atom stereocenters. The smallest absolute Gasteiger partial charge is 0.260 e. The van der Waals surface area contributed by atoms with E-state index in [4.69, 9.17) is 23.2 Å². The first-order valence-corrected chi connectivity index (χ1v) is 5.65. The topological polar surface area (TPSA) is 72.0 Å². The average molecular weight is 296 g/mol. The van der Waals surface area contributed by atoms with Crippen LogP contribution in [0, 0.1) is 0 Å². The highest BCUT2D eigenvalue weighted by Crippen LogP contribution is 2.25. The van der Waals surface area contributed by atoms with Gasteiger partial charge in [-0.3, -0.25) is 4.72 Å². The quantitative estimate of drug-likeness (QED) is 0.669. The Bertz CT molecular complexity index is 484. The van der Waals surface area contributed by atoms with Crippen molar-refractivity contribution in [1.82, 2.24) is 9.97 Å². The van der Waals surface area contributed by atoms with Crippen LogP contribution < -0.4 is 4.72 Å². The van der Waals surface area contributed by atoms with Gasteiger partial charge in [-0.15, -0.1) is 0 Å². The van der Waals surface area contributed by atoms with Crippen molar-refractivity contribution in [3.63, 3.8) is 0 Å². The molecule has 90 valence electrons. The third-order valence-corrected chi connectivity index (χ3v) is 2.66. The lowest BCUT2D eigenvalue weighted by Gasteiger charge is -2.09. The Morgan fingerprint density at radius 3 is 2.25 bits per heavy atom. The lowest BCUT2D eigenvalue weighted by molar-refractivity contribution is -0.0429. The first-order chi connectivity index (χ1) is 7.12. The number of halogens is 5. The van der Waals surface area contributed by atoms with E-state index in [-0.39, 0.29) is 5.15 Å². The van der Waals surface area contributed by atoms with Crippen LogP contribution in [0.5, 0.6) is 0 Å². The summed E-state index contributed by atoms with van der Waals surface area (Å²) in [6.07, 6.45) is 0. The number of rotatable bonds is 2. The van der Waals surface area contributed by atoms with Crippen LogP contribution in [0.15, 0.2) is 6.07 Å². The molecule has 16 heavy (non-hydrogen) atoms. The Balaban J connectivity index is 3.07. The zero-order valence-electron chi connectivity index (χ0n) is 7.09. The van der Waals surface area contributed by atoms with E-state index in [1.807, 2.05) is 0 Å². The highest BCUT2D eigenvalue weighted by molar-refractivity contribution is 7.93. The highest BCUT2D eigenvalue weighted by atomic mass is 35.5. The molecule has 5 nitrogen and oxygen atoms in total. The lowest BCUT2D eigenvalue weighted by atomic mass is 10.6. The van der Waals surface area contributed by atoms with Gasteiger partial charge < -0.3 is 0 Å². The van der Waals surface area contributed by atoms with Crippen LogP contribution in [-0.4, -0.2) is 23.9 Å². The van der Waals surface area contributed by atoms with Gasteiger partial charge in [0.1, 0.15) is 11.0 Å². The van der Waals surface area contributed by atoms with Gasteiger partial charge in [-0.1, -0.05) is 11.6 Å². The first-order valence-electron chi connectivity index (χ1n) is 3.41. The summed E-state index contributed by atoms with van der Waals surface area (Å²) in [5, 5.41) is -0.771. The minimum atomic E-state index is -5.54. The van der Waals surface area contributed by atoms with Crippen LogP contribution in [0.25, 0.3) is 0 Å². The van der Waals surface area contributed by atoms with Gasteiger partial charge in [0, 0.05) is 6.07 Å². The molecular weight excluding hydrogens is 294 g/mol. The highest BCUT2D eigenvalue weighted by Gasteiger charge is 2.46. The Morgan fingerprint density at radius 2 is 1.81 bits per heavy atom. The van der Waals surface area contributed by atoms with Gasteiger partial charge in [0.15, 0.2) is 0 Å². The van der Waals surface area contributed by atoms with Crippen LogP contribution in [-0.2, 0) is 10.0 Å². The van der Waals surface area contributed by atoms with Gasteiger partial charge in [0.2, 0.25) is 5.28 Å². The van der Waals surface area contributed by atoms with Crippen LogP contribution in [0.2, 0.25) is 10.4 Å². The summed E-state index contributed by atoms with van der Waals surface area (Å²) >= 11 is 10.6. The maximum absolute atomic E-state index is 12.0. The van der Waals surface area contributed by atoms with E-state index in [1.165, 1.54) is 4.72 Å². The summed E-state index contributed by atoms with van der Waals surface area (Å²) in [5.74, 6) is -0.665. The van der Waals surface area contributed by atoms with Gasteiger partial charge in [-0.25, -0.2) is 4.98 Å². The summed E-state index contributed by atoms with van der Waals surface area (Å²) in [7, 11) is -5.54. The molecule has 0 atom stereocenters. The van der Waals surface area contributed by atoms with Crippen LogP contribution in [0.4, 0.5) is 19.0 Å². The predicted octanol–water partition coefficient (Wildman–Crippen LogP) is 2.04. The molecule has 0 amide bonds. The number of hydrogen-bond donors (Lipinski definition) is 1. The van der Waals surface area contributed by atoms with Crippen molar-refractivity contribution in [1.29, 1.82) is 0 Å². The maximum atomic E-state index is 12.0. The van der Waals surface area contributed by atoms with Gasteiger partial charge in [0.25, 0.3) is 0 Å². The third-order valence-electron chi connectivity index (χ3n) is 1.21. The standard InChI is InChI=1S/C5H2Cl2F3N3O2S/c6-2-1-3(12-4(7)11-2)13-16(14,15)5(8,9)10/h1H,(H,11,12,13). The average Bonchev–Trinajstić information content (AvgIpc) is 1.97. The fourth-order valence-corrected chi connectivity index (χ4v) is 1.54. The van der Waals surface area contributed by atoms with Crippen molar-refractivity contribution in [3.05, 3.63) is 16.5 Å². The summed E-state index contributed by atoms with van der Waals surface area (Å²) in [5.41, 5.74) is -5.45. The second kappa shape index (κ2) is 4.22. The van der Waals surface area contributed by atoms with Crippen molar-refractivity contribution < 1.29 is 21.6 Å². The zero-order chi connectivity index (χ0) is 12.6. The number of alkyl halides is 3. The lowest BCUT2D eigenvalue weighted by Crippen LogP contribution is -2.30. The second-order valence-corrected chi connectivity index (χ2v) is 4.80. The summed E-state index contributed by atoms with van der Waals surface area (Å²) in [6, 6.07) is 0.788. The fourth-order valence-electron chi connectivity index (χ4n) is 0.638. The van der Waals surface area contributed by atoms with Crippen molar-refractivity contribution in [2.45, 2.75) is 5.51 Å². The SMILES string of the molecule is O=S(=O)(Nc1cc(Cl)nc(Cl)n1)C(F)(F)F. The van der Waals surface area contributed by atoms with E-state index in [0.717, 1.165) is 6.07 Å². The summed E-state index contributed by atoms with van der Waals surface area (Å²) in [4.78, 5) is 6.54. The van der Waals surface area contributed by atoms with Crippen molar-refractivity contribution in [2.24, 2.45) is 0 Å². The molecule has 1 aromatic rings. The van der Waals surface area contributed by atoms with Crippen LogP contribution in [0.1, 0.15) is 0 Å². The molecule has 1 N–H and O–H groups in total. The van der Waals surface area contributed by atoms with Crippen molar-refractivity contribution in [3.8, 4) is 0 Å². The minimum Gasteiger partial charge on any atom is -0.260 e. The van der Waals surface area contributed by atoms with Gasteiger partial charge >= 0.3 is 15.5 Å². The van der Waals surface area contributed by atoms with Gasteiger partial charge in [0.05, 0.1) is 0 Å². The van der Waals surface area contributed by atoms with E-state index in [9.17, 15) is 21.6 Å². The van der Waals surface area contributed by atoms with E-state index in [0.29, 0.717) is 0 Å². The molecule has 1 rings (SSSR count). The third kappa shape index (κ3) is 3.09. The molecule has 0 saturated carbocycles. The molecule has 0 spiro atoms. The Morgan fingerprint density at radius 1 is 1.25 bits per heavy atom. The molecule has 0 saturated heterocycles. The minimum absolute atomic E-state index is 0.292. The van der Waals surface area contributed by atoms with Crippen molar-refractivity contribution >= 4 is 39.0 Å². The zero-order valence-corrected chi connectivity index (χ0v) is 9.41. The number of nitrogens with one attached hydrogen (secondary N) is 1. The van der Waals surface area contributed by atoms with E-state index in [1.54, 1.807) is 0 Å². The monoisotopic (exact) mass is 295 g/mol. The van der Waals surface area contributed by atoms with E-state index in [2.05, 4.69) is 9.97 Å². The molecule has 11 heteroatoms. The predicted molar refractivity (Wildman–Crippen MR) is 50.6 cm³/mol. The molecule has 0 aliphatic heterocycles. The molecular formula is C5H2Cl2F3N3O2S. The number of sulfonamides is 1. The largest absolute Gasteiger partial charge is 0.516 e. The summed E-state index contributed by atoms with van der Waals surface area (Å²) in [6.45, 7) is 0. The molecule has 0 bridgehead atoms. The van der Waals surface area contributed by atoms with Gasteiger partial charge in [-0.05, 0) is 11.6 Å². The second-order valence-electron chi connectivity index (χ2n) is 2.40. The summed E-state index contributed by atoms with van der Waals surface area (Å²) < 4.78 is 58.4. The van der Waals surface area contributed by atoms with Crippen LogP contribution in [0.3, 0.4) is 0 Å². The molecule has 0 aliphatic carbocycles. The first kappa shape index (κ1) is 13.3. The Labute approximate surface area is 97.6 Å². The van der Waals surface area contributed by atoms with E-state index >= 15 is 0 Å². The molecule has 1 aromatic heterocycles. The molecule has 0 fully saturated rings. The number of hydrogen-bond acceptors (Lipinski definition) is 4. The number of anilines is 1. The van der Waals surface area contributed by atoms with Gasteiger partial charge in [-0.2, -0.15) is 26.6 Å².